The van der Waals surface area contributed by atoms with Crippen molar-refractivity contribution >= 4 is 35.8 Å². The summed E-state index contributed by atoms with van der Waals surface area (Å²) in [6.45, 7) is 10.5. The second kappa shape index (κ2) is 13.0. The summed E-state index contributed by atoms with van der Waals surface area (Å²) in [5.41, 5.74) is 2.55. The van der Waals surface area contributed by atoms with Gasteiger partial charge in [-0.05, 0) is 43.2 Å². The van der Waals surface area contributed by atoms with Gasteiger partial charge in [0.2, 0.25) is 5.91 Å². The van der Waals surface area contributed by atoms with Gasteiger partial charge in [0, 0.05) is 39.1 Å². The zero-order chi connectivity index (χ0) is 18.8. The molecule has 2 N–H and O–H groups in total. The summed E-state index contributed by atoms with van der Waals surface area (Å²) in [5.74, 6) is 1.82. The minimum absolute atomic E-state index is 0. The van der Waals surface area contributed by atoms with Gasteiger partial charge in [0.05, 0.1) is 0 Å². The lowest BCUT2D eigenvalue weighted by Crippen LogP contribution is -2.38. The van der Waals surface area contributed by atoms with Crippen molar-refractivity contribution in [2.24, 2.45) is 10.9 Å². The molecule has 6 heteroatoms. The van der Waals surface area contributed by atoms with Crippen molar-refractivity contribution in [2.75, 3.05) is 19.6 Å². The van der Waals surface area contributed by atoms with E-state index in [1.54, 1.807) is 0 Å². The Kier molecular flexibility index (Phi) is 11.4. The molecule has 0 fully saturated rings. The van der Waals surface area contributed by atoms with E-state index < -0.39 is 0 Å². The second-order valence-corrected chi connectivity index (χ2v) is 7.35. The number of aliphatic imine (C=N–C) groups is 1. The number of benzene rings is 1. The predicted molar refractivity (Wildman–Crippen MR) is 123 cm³/mol. The molecule has 1 aromatic carbocycles. The number of rotatable bonds is 9. The molecule has 1 heterocycles. The number of guanidine groups is 1. The van der Waals surface area contributed by atoms with Gasteiger partial charge in [0.15, 0.2) is 5.96 Å². The van der Waals surface area contributed by atoms with Crippen LogP contribution in [-0.2, 0) is 17.9 Å². The van der Waals surface area contributed by atoms with E-state index in [4.69, 9.17) is 0 Å². The Labute approximate surface area is 181 Å². The van der Waals surface area contributed by atoms with Crippen LogP contribution in [0.2, 0.25) is 0 Å². The zero-order valence-corrected chi connectivity index (χ0v) is 19.3. The maximum atomic E-state index is 12.4. The van der Waals surface area contributed by atoms with Gasteiger partial charge < -0.3 is 15.5 Å². The molecule has 0 unspecified atom stereocenters. The number of nitrogens with zero attached hydrogens (tertiary/aromatic N) is 2. The van der Waals surface area contributed by atoms with Crippen LogP contribution < -0.4 is 10.6 Å². The Hall–Kier alpha value is -1.31. The van der Waals surface area contributed by atoms with E-state index in [0.29, 0.717) is 13.0 Å². The minimum atomic E-state index is 0. The summed E-state index contributed by atoms with van der Waals surface area (Å²) in [6, 6.07) is 8.30. The number of nitrogens with one attached hydrogen (secondary N) is 2. The molecular formula is C21H35IN4O. The largest absolute Gasteiger partial charge is 0.357 e. The van der Waals surface area contributed by atoms with Gasteiger partial charge in [0.1, 0.15) is 0 Å². The summed E-state index contributed by atoms with van der Waals surface area (Å²) < 4.78 is 0. The molecule has 0 bridgehead atoms. The number of carbonyl (C=O) groups excluding carboxylic acids is 1. The second-order valence-electron chi connectivity index (χ2n) is 7.35. The SMILES string of the molecule is CCNC(=NCCCC(=O)N1Cc2ccccc2C1)NCCCC(C)C.I. The fraction of sp³-hybridized carbons (Fsp3) is 0.619. The lowest BCUT2D eigenvalue weighted by atomic mass is 10.1. The van der Waals surface area contributed by atoms with Crippen LogP contribution >= 0.6 is 24.0 Å². The van der Waals surface area contributed by atoms with E-state index in [9.17, 15) is 4.79 Å². The van der Waals surface area contributed by atoms with E-state index >= 15 is 0 Å². The quantitative estimate of drug-likeness (QED) is 0.241. The standard InChI is InChI=1S/C21H34N4O.HI/c1-4-22-21(23-13-7-9-17(2)3)24-14-8-12-20(26)25-15-18-10-5-6-11-19(18)16-25;/h5-6,10-11,17H,4,7-9,12-16H2,1-3H3,(H2,22,23,24);1H. The van der Waals surface area contributed by atoms with Gasteiger partial charge in [-0.15, -0.1) is 24.0 Å². The molecule has 0 saturated heterocycles. The molecule has 0 radical (unpaired) electrons. The fourth-order valence-electron chi connectivity index (χ4n) is 3.15. The van der Waals surface area contributed by atoms with Crippen LogP contribution in [0.3, 0.4) is 0 Å². The third-order valence-electron chi connectivity index (χ3n) is 4.61. The number of amides is 1. The normalized spacial score (nSPS) is 13.3. The highest BCUT2D eigenvalue weighted by Crippen LogP contribution is 2.22. The van der Waals surface area contributed by atoms with E-state index in [1.807, 2.05) is 17.0 Å². The van der Waals surface area contributed by atoms with E-state index in [1.165, 1.54) is 17.5 Å². The first-order chi connectivity index (χ1) is 12.6. The van der Waals surface area contributed by atoms with Gasteiger partial charge in [-0.3, -0.25) is 9.79 Å². The highest BCUT2D eigenvalue weighted by Gasteiger charge is 2.22. The van der Waals surface area contributed by atoms with Gasteiger partial charge >= 0.3 is 0 Å². The molecule has 152 valence electrons. The Balaban J connectivity index is 0.00000364. The molecule has 1 aromatic rings. The Morgan fingerprint density at radius 1 is 1.15 bits per heavy atom. The average molecular weight is 486 g/mol. The average Bonchev–Trinajstić information content (AvgIpc) is 3.06. The Bertz CT molecular complexity index is 579. The molecule has 5 nitrogen and oxygen atoms in total. The number of hydrogen-bond acceptors (Lipinski definition) is 2. The molecule has 0 atom stereocenters. The highest BCUT2D eigenvalue weighted by molar-refractivity contribution is 14.0. The summed E-state index contributed by atoms with van der Waals surface area (Å²) in [4.78, 5) is 18.9. The molecule has 0 spiro atoms. The first kappa shape index (κ1) is 23.7. The lowest BCUT2D eigenvalue weighted by molar-refractivity contribution is -0.131. The maximum Gasteiger partial charge on any atom is 0.223 e. The van der Waals surface area contributed by atoms with Gasteiger partial charge in [-0.25, -0.2) is 0 Å². The van der Waals surface area contributed by atoms with Crippen molar-refractivity contribution in [1.29, 1.82) is 0 Å². The smallest absolute Gasteiger partial charge is 0.223 e. The highest BCUT2D eigenvalue weighted by atomic mass is 127. The van der Waals surface area contributed by atoms with Crippen molar-refractivity contribution in [3.05, 3.63) is 35.4 Å². The summed E-state index contributed by atoms with van der Waals surface area (Å²) in [6.07, 6.45) is 3.72. The van der Waals surface area contributed by atoms with Crippen molar-refractivity contribution in [3.63, 3.8) is 0 Å². The third kappa shape index (κ3) is 8.49. The van der Waals surface area contributed by atoms with Crippen molar-refractivity contribution in [2.45, 2.75) is 59.5 Å². The van der Waals surface area contributed by atoms with Crippen LogP contribution in [0, 0.1) is 5.92 Å². The Morgan fingerprint density at radius 3 is 2.41 bits per heavy atom. The van der Waals surface area contributed by atoms with E-state index in [-0.39, 0.29) is 29.9 Å². The number of hydrogen-bond donors (Lipinski definition) is 2. The summed E-state index contributed by atoms with van der Waals surface area (Å²) >= 11 is 0. The van der Waals surface area contributed by atoms with Crippen molar-refractivity contribution < 1.29 is 4.79 Å². The van der Waals surface area contributed by atoms with E-state index in [2.05, 4.69) is 48.5 Å². The Morgan fingerprint density at radius 2 is 1.81 bits per heavy atom. The number of halogens is 1. The molecule has 1 aliphatic heterocycles. The predicted octanol–water partition coefficient (Wildman–Crippen LogP) is 3.92. The molecule has 0 aromatic heterocycles. The monoisotopic (exact) mass is 486 g/mol. The number of carbonyl (C=O) groups is 1. The fourth-order valence-corrected chi connectivity index (χ4v) is 3.15. The van der Waals surface area contributed by atoms with E-state index in [0.717, 1.165) is 50.9 Å². The van der Waals surface area contributed by atoms with Crippen LogP contribution in [0.25, 0.3) is 0 Å². The van der Waals surface area contributed by atoms with Gasteiger partial charge in [-0.2, -0.15) is 0 Å². The first-order valence-corrected chi connectivity index (χ1v) is 9.97. The van der Waals surface area contributed by atoms with Crippen LogP contribution in [-0.4, -0.2) is 36.4 Å². The molecule has 0 saturated carbocycles. The first-order valence-electron chi connectivity index (χ1n) is 9.97. The maximum absolute atomic E-state index is 12.4. The van der Waals surface area contributed by atoms with Crippen molar-refractivity contribution in [1.82, 2.24) is 15.5 Å². The molecule has 0 aliphatic carbocycles. The van der Waals surface area contributed by atoms with Crippen LogP contribution in [0.4, 0.5) is 0 Å². The van der Waals surface area contributed by atoms with Crippen LogP contribution in [0.5, 0.6) is 0 Å². The van der Waals surface area contributed by atoms with Crippen molar-refractivity contribution in [3.8, 4) is 0 Å². The summed E-state index contributed by atoms with van der Waals surface area (Å²) in [7, 11) is 0. The molecule has 27 heavy (non-hydrogen) atoms. The molecular weight excluding hydrogens is 451 g/mol. The zero-order valence-electron chi connectivity index (χ0n) is 17.0. The van der Waals surface area contributed by atoms with Crippen LogP contribution in [0.1, 0.15) is 57.6 Å². The lowest BCUT2D eigenvalue weighted by Gasteiger charge is -2.15. The summed E-state index contributed by atoms with van der Waals surface area (Å²) in [5, 5.41) is 6.64. The topological polar surface area (TPSA) is 56.7 Å². The van der Waals surface area contributed by atoms with Crippen LogP contribution in [0.15, 0.2) is 29.3 Å². The molecule has 1 amide bonds. The minimum Gasteiger partial charge on any atom is -0.357 e. The molecule has 2 rings (SSSR count). The molecule has 1 aliphatic rings. The third-order valence-corrected chi connectivity index (χ3v) is 4.61. The van der Waals surface area contributed by atoms with Gasteiger partial charge in [0.25, 0.3) is 0 Å². The van der Waals surface area contributed by atoms with Gasteiger partial charge in [-0.1, -0.05) is 38.1 Å². The number of fused-ring (bicyclic) bond motifs is 1.